The van der Waals surface area contributed by atoms with Crippen molar-refractivity contribution in [3.8, 4) is 0 Å². The van der Waals surface area contributed by atoms with E-state index in [0.29, 0.717) is 17.2 Å². The Balaban J connectivity index is 2.20. The highest BCUT2D eigenvalue weighted by Gasteiger charge is 2.33. The van der Waals surface area contributed by atoms with Gasteiger partial charge in [0.2, 0.25) is 5.91 Å². The van der Waals surface area contributed by atoms with E-state index in [2.05, 4.69) is 20.3 Å². The molecule has 0 fully saturated rings. The number of nitrogens with one attached hydrogen (secondary N) is 5. The molecule has 0 aliphatic carbocycles. The molecule has 0 saturated heterocycles. The van der Waals surface area contributed by atoms with Gasteiger partial charge in [0.05, 0.1) is 12.4 Å². The van der Waals surface area contributed by atoms with Crippen LogP contribution < -0.4 is 10.6 Å². The standard InChI is InChI=1S/C16H17F4N7O/c1-15(2,14(28)25-7-16(18,19)20)27-11(4-21)26-12(22)10-6-24-13-9(10)3-8(17)5-23-13/h3-6,21H,7H2,1-2H3,(H,23,24)(H,25,28)(H2,22,26,27). The molecule has 2 rings (SSSR count). The molecule has 8 nitrogen and oxygen atoms in total. The summed E-state index contributed by atoms with van der Waals surface area (Å²) < 4.78 is 50.2. The smallest absolute Gasteiger partial charge is 0.355 e. The van der Waals surface area contributed by atoms with Gasteiger partial charge in [-0.2, -0.15) is 13.2 Å². The van der Waals surface area contributed by atoms with E-state index >= 15 is 0 Å². The van der Waals surface area contributed by atoms with Gasteiger partial charge in [-0.05, 0) is 19.9 Å². The van der Waals surface area contributed by atoms with Crippen LogP contribution in [0.2, 0.25) is 0 Å². The van der Waals surface area contributed by atoms with Gasteiger partial charge in [-0.25, -0.2) is 14.4 Å². The van der Waals surface area contributed by atoms with Crippen molar-refractivity contribution in [3.63, 3.8) is 0 Å². The van der Waals surface area contributed by atoms with Crippen LogP contribution in [0.25, 0.3) is 11.0 Å². The fraction of sp³-hybridized carbons (Fsp3) is 0.312. The predicted molar refractivity (Wildman–Crippen MR) is 95.4 cm³/mol. The van der Waals surface area contributed by atoms with Gasteiger partial charge in [-0.3, -0.25) is 10.2 Å². The predicted octanol–water partition coefficient (Wildman–Crippen LogP) is 2.12. The molecule has 0 unspecified atom stereocenters. The average Bonchev–Trinajstić information content (AvgIpc) is 3.01. The van der Waals surface area contributed by atoms with E-state index < -0.39 is 30.0 Å². The van der Waals surface area contributed by atoms with Crippen LogP contribution in [-0.2, 0) is 4.79 Å². The maximum Gasteiger partial charge on any atom is 0.405 e. The number of aliphatic imine (C=N–C) groups is 1. The van der Waals surface area contributed by atoms with Crippen LogP contribution in [0.4, 0.5) is 17.6 Å². The van der Waals surface area contributed by atoms with E-state index in [1.54, 1.807) is 5.32 Å². The Hall–Kier alpha value is -3.31. The van der Waals surface area contributed by atoms with Crippen LogP contribution >= 0.6 is 0 Å². The molecular weight excluding hydrogens is 382 g/mol. The van der Waals surface area contributed by atoms with Crippen LogP contribution in [0.1, 0.15) is 19.4 Å². The number of carbonyl (C=O) groups excluding carboxylic acids is 1. The van der Waals surface area contributed by atoms with Crippen LogP contribution in [0.5, 0.6) is 0 Å². The normalized spacial score (nSPS) is 12.7. The summed E-state index contributed by atoms with van der Waals surface area (Å²) in [6.45, 7) is 1.09. The Bertz CT molecular complexity index is 946. The number of nitrogens with zero attached hydrogens (tertiary/aromatic N) is 2. The largest absolute Gasteiger partial charge is 0.405 e. The number of alkyl halides is 3. The lowest BCUT2D eigenvalue weighted by atomic mass is 10.0. The highest BCUT2D eigenvalue weighted by molar-refractivity contribution is 6.32. The number of amidine groups is 2. The second-order valence-corrected chi connectivity index (χ2v) is 6.29. The molecule has 0 saturated carbocycles. The molecule has 12 heteroatoms. The van der Waals surface area contributed by atoms with Crippen molar-refractivity contribution in [2.24, 2.45) is 4.99 Å². The third kappa shape index (κ3) is 5.11. The van der Waals surface area contributed by atoms with E-state index in [0.717, 1.165) is 12.3 Å². The summed E-state index contributed by atoms with van der Waals surface area (Å²) in [7, 11) is 0. The summed E-state index contributed by atoms with van der Waals surface area (Å²) >= 11 is 0. The quantitative estimate of drug-likeness (QED) is 0.300. The highest BCUT2D eigenvalue weighted by atomic mass is 19.4. The van der Waals surface area contributed by atoms with E-state index in [4.69, 9.17) is 10.8 Å². The molecular formula is C16H17F4N7O. The number of aromatic nitrogens is 2. The first-order valence-corrected chi connectivity index (χ1v) is 7.87. The van der Waals surface area contributed by atoms with E-state index in [1.807, 2.05) is 0 Å². The van der Waals surface area contributed by atoms with Crippen molar-refractivity contribution in [2.75, 3.05) is 6.54 Å². The minimum atomic E-state index is -4.56. The minimum absolute atomic E-state index is 0.197. The summed E-state index contributed by atoms with van der Waals surface area (Å²) in [5.74, 6) is -2.19. The number of carbonyl (C=O) groups is 1. The molecule has 0 spiro atoms. The number of rotatable bonds is 5. The third-order valence-corrected chi connectivity index (χ3v) is 3.58. The van der Waals surface area contributed by atoms with Gasteiger partial charge < -0.3 is 21.0 Å². The van der Waals surface area contributed by atoms with Gasteiger partial charge in [-0.15, -0.1) is 0 Å². The summed E-state index contributed by atoms with van der Waals surface area (Å²) in [6, 6.07) is 1.16. The molecule has 0 aromatic carbocycles. The molecule has 150 valence electrons. The summed E-state index contributed by atoms with van der Waals surface area (Å²) in [5, 5.41) is 20.0. The first kappa shape index (κ1) is 21.0. The number of aromatic amines is 1. The van der Waals surface area contributed by atoms with Crippen molar-refractivity contribution in [1.29, 1.82) is 10.8 Å². The highest BCUT2D eigenvalue weighted by Crippen LogP contribution is 2.18. The van der Waals surface area contributed by atoms with Gasteiger partial charge in [0.15, 0.2) is 5.84 Å². The Kier molecular flexibility index (Phi) is 5.81. The fourth-order valence-corrected chi connectivity index (χ4v) is 2.23. The molecule has 0 aliphatic rings. The molecule has 2 aromatic heterocycles. The maximum atomic E-state index is 13.4. The van der Waals surface area contributed by atoms with Crippen molar-refractivity contribution < 1.29 is 22.4 Å². The zero-order valence-corrected chi connectivity index (χ0v) is 14.8. The van der Waals surface area contributed by atoms with Gasteiger partial charge >= 0.3 is 6.18 Å². The third-order valence-electron chi connectivity index (χ3n) is 3.58. The number of hydrogen-bond acceptors (Lipinski definition) is 4. The molecule has 0 aliphatic heterocycles. The second-order valence-electron chi connectivity index (χ2n) is 6.29. The first-order valence-electron chi connectivity index (χ1n) is 7.87. The average molecular weight is 399 g/mol. The Morgan fingerprint density at radius 2 is 2.07 bits per heavy atom. The zero-order valence-electron chi connectivity index (χ0n) is 14.8. The number of hydrogen-bond donors (Lipinski definition) is 5. The minimum Gasteiger partial charge on any atom is -0.355 e. The van der Waals surface area contributed by atoms with Crippen LogP contribution in [-0.4, -0.2) is 52.0 Å². The molecule has 5 N–H and O–H groups in total. The summed E-state index contributed by atoms with van der Waals surface area (Å²) in [6.07, 6.45) is -1.47. The lowest BCUT2D eigenvalue weighted by Gasteiger charge is -2.26. The van der Waals surface area contributed by atoms with Crippen LogP contribution in [0.15, 0.2) is 23.5 Å². The summed E-state index contributed by atoms with van der Waals surface area (Å²) in [5.41, 5.74) is -1.02. The Morgan fingerprint density at radius 1 is 1.39 bits per heavy atom. The van der Waals surface area contributed by atoms with Crippen LogP contribution in [0, 0.1) is 16.6 Å². The van der Waals surface area contributed by atoms with Crippen molar-refractivity contribution in [1.82, 2.24) is 20.6 Å². The SMILES string of the molecule is CC(C)(N/C(C=N)=N/C(=N)c1c[nH]c2ncc(F)cc12)C(=O)NCC(F)(F)F. The number of H-pyrrole nitrogens is 1. The molecule has 2 heterocycles. The topological polar surface area (TPSA) is 130 Å². The van der Waals surface area contributed by atoms with Crippen molar-refractivity contribution in [3.05, 3.63) is 29.8 Å². The Labute approximate surface area is 156 Å². The monoisotopic (exact) mass is 399 g/mol. The lowest BCUT2D eigenvalue weighted by molar-refractivity contribution is -0.141. The Morgan fingerprint density at radius 3 is 2.68 bits per heavy atom. The molecule has 28 heavy (non-hydrogen) atoms. The number of pyridine rings is 1. The van der Waals surface area contributed by atoms with Gasteiger partial charge in [0, 0.05) is 17.1 Å². The van der Waals surface area contributed by atoms with Crippen molar-refractivity contribution >= 4 is 34.8 Å². The van der Waals surface area contributed by atoms with E-state index in [9.17, 15) is 22.4 Å². The van der Waals surface area contributed by atoms with Gasteiger partial charge in [0.25, 0.3) is 0 Å². The zero-order chi connectivity index (χ0) is 21.1. The van der Waals surface area contributed by atoms with E-state index in [-0.39, 0.29) is 17.2 Å². The summed E-state index contributed by atoms with van der Waals surface area (Å²) in [4.78, 5) is 22.4. The molecule has 1 amide bonds. The maximum absolute atomic E-state index is 13.4. The van der Waals surface area contributed by atoms with Gasteiger partial charge in [0.1, 0.15) is 29.4 Å². The molecule has 2 aromatic rings. The fourth-order valence-electron chi connectivity index (χ4n) is 2.23. The van der Waals surface area contributed by atoms with E-state index in [1.165, 1.54) is 20.0 Å². The second kappa shape index (κ2) is 7.74. The molecule has 0 bridgehead atoms. The van der Waals surface area contributed by atoms with Crippen molar-refractivity contribution in [2.45, 2.75) is 25.6 Å². The number of fused-ring (bicyclic) bond motifs is 1. The van der Waals surface area contributed by atoms with Gasteiger partial charge in [-0.1, -0.05) is 0 Å². The molecule has 0 radical (unpaired) electrons. The number of amides is 1. The van der Waals surface area contributed by atoms with Crippen LogP contribution in [0.3, 0.4) is 0 Å². The first-order chi connectivity index (χ1) is 12.9. The lowest BCUT2D eigenvalue weighted by Crippen LogP contribution is -2.56. The number of halogens is 4. The molecule has 0 atom stereocenters.